The van der Waals surface area contributed by atoms with Crippen molar-refractivity contribution in [2.45, 2.75) is 20.8 Å². The third-order valence-corrected chi connectivity index (χ3v) is 7.94. The second kappa shape index (κ2) is 6.52. The van der Waals surface area contributed by atoms with Crippen LogP contribution in [-0.4, -0.2) is 16.3 Å². The second-order valence-corrected chi connectivity index (χ2v) is 10.2. The zero-order valence-corrected chi connectivity index (χ0v) is 20.1. The largest absolute Gasteiger partial charge is 0.293 e. The number of aryl methyl sites for hydroxylation is 3. The third-order valence-electron chi connectivity index (χ3n) is 7.94. The van der Waals surface area contributed by atoms with Gasteiger partial charge in [-0.3, -0.25) is 4.57 Å². The molecule has 0 N–H and O–H groups in total. The van der Waals surface area contributed by atoms with Gasteiger partial charge < -0.3 is 0 Å². The van der Waals surface area contributed by atoms with E-state index in [0.717, 1.165) is 16.9 Å². The summed E-state index contributed by atoms with van der Waals surface area (Å²) in [5.41, 5.74) is 15.8. The summed E-state index contributed by atoms with van der Waals surface area (Å²) in [6.07, 6.45) is 0. The number of benzene rings is 5. The molecule has 164 valence electrons. The van der Waals surface area contributed by atoms with Crippen LogP contribution in [0.4, 0.5) is 0 Å². The lowest BCUT2D eigenvalue weighted by molar-refractivity contribution is 1.11. The number of aromatic nitrogens is 2. The molecular weight excluding hydrogens is 423 g/mol. The van der Waals surface area contributed by atoms with Crippen LogP contribution in [0.1, 0.15) is 16.7 Å². The molecular formula is C32H23BN2. The van der Waals surface area contributed by atoms with E-state index in [9.17, 15) is 0 Å². The average Bonchev–Trinajstić information content (AvgIpc) is 3.41. The highest BCUT2D eigenvalue weighted by Gasteiger charge is 2.42. The smallest absolute Gasteiger partial charge is 0.248 e. The van der Waals surface area contributed by atoms with Crippen molar-refractivity contribution in [3.63, 3.8) is 0 Å². The summed E-state index contributed by atoms with van der Waals surface area (Å²) < 4.78 is 2.45. The molecule has 2 aliphatic rings. The topological polar surface area (TPSA) is 17.8 Å². The summed E-state index contributed by atoms with van der Waals surface area (Å²) in [5, 5.41) is 2.48. The quantitative estimate of drug-likeness (QED) is 0.301. The number of imidazole rings is 1. The molecule has 2 aliphatic heterocycles. The van der Waals surface area contributed by atoms with Crippen molar-refractivity contribution >= 4 is 44.9 Å². The Morgan fingerprint density at radius 3 is 2.37 bits per heavy atom. The first kappa shape index (κ1) is 19.2. The number of hydrogen-bond donors (Lipinski definition) is 0. The maximum atomic E-state index is 5.35. The van der Waals surface area contributed by atoms with Crippen molar-refractivity contribution in [3.05, 3.63) is 102 Å². The molecule has 3 heterocycles. The van der Waals surface area contributed by atoms with Crippen LogP contribution in [0.25, 0.3) is 50.0 Å². The van der Waals surface area contributed by atoms with E-state index in [1.165, 1.54) is 66.2 Å². The normalized spacial score (nSPS) is 12.9. The minimum atomic E-state index is 0.231. The molecule has 3 heteroatoms. The molecule has 1 aromatic heterocycles. The Labute approximate surface area is 205 Å². The van der Waals surface area contributed by atoms with Gasteiger partial charge in [0.1, 0.15) is 5.82 Å². The molecule has 0 saturated carbocycles. The summed E-state index contributed by atoms with van der Waals surface area (Å²) in [5.74, 6) is 1.02. The Hall–Kier alpha value is -4.11. The van der Waals surface area contributed by atoms with Crippen LogP contribution >= 0.6 is 0 Å². The summed E-state index contributed by atoms with van der Waals surface area (Å²) in [7, 11) is 0. The molecule has 0 unspecified atom stereocenters. The average molecular weight is 446 g/mol. The molecule has 0 saturated heterocycles. The first-order valence-electron chi connectivity index (χ1n) is 12.4. The van der Waals surface area contributed by atoms with E-state index in [1.807, 2.05) is 0 Å². The molecule has 6 aromatic rings. The summed E-state index contributed by atoms with van der Waals surface area (Å²) in [6, 6.07) is 31.3. The third kappa shape index (κ3) is 2.38. The number of fused-ring (bicyclic) bond motifs is 7. The molecule has 0 fully saturated rings. The minimum Gasteiger partial charge on any atom is -0.293 e. The van der Waals surface area contributed by atoms with Gasteiger partial charge in [-0.2, -0.15) is 0 Å². The Morgan fingerprint density at radius 1 is 0.743 bits per heavy atom. The van der Waals surface area contributed by atoms with Crippen LogP contribution in [0.2, 0.25) is 0 Å². The number of nitrogens with zero attached hydrogens (tertiary/aromatic N) is 2. The molecule has 0 spiro atoms. The van der Waals surface area contributed by atoms with E-state index in [0.29, 0.717) is 0 Å². The summed E-state index contributed by atoms with van der Waals surface area (Å²) in [6.45, 7) is 6.94. The molecule has 35 heavy (non-hydrogen) atoms. The summed E-state index contributed by atoms with van der Waals surface area (Å²) >= 11 is 0. The second-order valence-electron chi connectivity index (χ2n) is 10.2. The predicted octanol–water partition coefficient (Wildman–Crippen LogP) is 5.58. The molecule has 0 bridgehead atoms. The lowest BCUT2D eigenvalue weighted by Crippen LogP contribution is -2.53. The molecule has 2 nitrogen and oxygen atoms in total. The van der Waals surface area contributed by atoms with Gasteiger partial charge in [0.05, 0.1) is 11.0 Å². The molecule has 0 atom stereocenters. The van der Waals surface area contributed by atoms with Gasteiger partial charge in [0.15, 0.2) is 0 Å². The van der Waals surface area contributed by atoms with E-state index >= 15 is 0 Å². The van der Waals surface area contributed by atoms with Gasteiger partial charge >= 0.3 is 0 Å². The van der Waals surface area contributed by atoms with Gasteiger partial charge in [-0.25, -0.2) is 4.98 Å². The van der Waals surface area contributed by atoms with E-state index in [2.05, 4.69) is 110 Å². The standard InChI is InChI=1S/C32H23BN2/c1-18-13-20(3)28-24-14-19(2)16-27-29(24)33(25(28)15-18)26-17-22-11-7-8-12-23(22)30-31(26)35(27)32(34-30)21-9-5-4-6-10-21/h4-17H,1-3H3. The van der Waals surface area contributed by atoms with E-state index in [4.69, 9.17) is 4.98 Å². The van der Waals surface area contributed by atoms with Crippen LogP contribution in [-0.2, 0) is 0 Å². The zero-order chi connectivity index (χ0) is 23.4. The fourth-order valence-electron chi connectivity index (χ4n) is 6.73. The Morgan fingerprint density at radius 2 is 1.51 bits per heavy atom. The predicted molar refractivity (Wildman–Crippen MR) is 148 cm³/mol. The highest BCUT2D eigenvalue weighted by molar-refractivity contribution is 7.01. The van der Waals surface area contributed by atoms with Crippen LogP contribution < -0.4 is 16.4 Å². The van der Waals surface area contributed by atoms with Crippen molar-refractivity contribution in [1.29, 1.82) is 0 Å². The lowest BCUT2D eigenvalue weighted by atomic mass is 9.37. The van der Waals surface area contributed by atoms with Crippen molar-refractivity contribution in [2.75, 3.05) is 0 Å². The Kier molecular flexibility index (Phi) is 3.58. The van der Waals surface area contributed by atoms with E-state index in [-0.39, 0.29) is 6.71 Å². The molecule has 8 rings (SSSR count). The zero-order valence-electron chi connectivity index (χ0n) is 20.1. The highest BCUT2D eigenvalue weighted by atomic mass is 15.1. The van der Waals surface area contributed by atoms with Crippen LogP contribution in [0.3, 0.4) is 0 Å². The maximum absolute atomic E-state index is 5.35. The fraction of sp³-hybridized carbons (Fsp3) is 0.0938. The molecule has 0 radical (unpaired) electrons. The lowest BCUT2D eigenvalue weighted by Gasteiger charge is -2.25. The van der Waals surface area contributed by atoms with Gasteiger partial charge in [-0.15, -0.1) is 0 Å². The maximum Gasteiger partial charge on any atom is 0.248 e. The van der Waals surface area contributed by atoms with Crippen LogP contribution in [0.15, 0.2) is 84.9 Å². The first-order chi connectivity index (χ1) is 17.1. The van der Waals surface area contributed by atoms with Crippen molar-refractivity contribution < 1.29 is 0 Å². The molecule has 0 amide bonds. The monoisotopic (exact) mass is 446 g/mol. The van der Waals surface area contributed by atoms with Crippen molar-refractivity contribution in [1.82, 2.24) is 9.55 Å². The van der Waals surface area contributed by atoms with Gasteiger partial charge in [-0.1, -0.05) is 89.9 Å². The van der Waals surface area contributed by atoms with Crippen molar-refractivity contribution in [2.24, 2.45) is 0 Å². The number of rotatable bonds is 1. The van der Waals surface area contributed by atoms with Gasteiger partial charge in [0, 0.05) is 16.6 Å². The van der Waals surface area contributed by atoms with E-state index < -0.39 is 0 Å². The Bertz CT molecular complexity index is 1880. The van der Waals surface area contributed by atoms with Crippen LogP contribution in [0, 0.1) is 20.8 Å². The minimum absolute atomic E-state index is 0.231. The SMILES string of the molecule is Cc1cc(C)c2c(c1)B1c3c-2cc(C)cc3-n2c(-c3ccccc3)nc3c4ccccc4cc1c32. The van der Waals surface area contributed by atoms with Gasteiger partial charge in [-0.05, 0) is 65.4 Å². The fourth-order valence-corrected chi connectivity index (χ4v) is 6.73. The van der Waals surface area contributed by atoms with Gasteiger partial charge in [0.2, 0.25) is 6.71 Å². The van der Waals surface area contributed by atoms with E-state index in [1.54, 1.807) is 0 Å². The summed E-state index contributed by atoms with van der Waals surface area (Å²) in [4.78, 5) is 5.35. The van der Waals surface area contributed by atoms with Crippen LogP contribution in [0.5, 0.6) is 0 Å². The van der Waals surface area contributed by atoms with Crippen molar-refractivity contribution in [3.8, 4) is 28.2 Å². The number of hydrogen-bond acceptors (Lipinski definition) is 1. The van der Waals surface area contributed by atoms with Gasteiger partial charge in [0.25, 0.3) is 0 Å². The Balaban J connectivity index is 1.63. The highest BCUT2D eigenvalue weighted by Crippen LogP contribution is 2.39. The first-order valence-corrected chi connectivity index (χ1v) is 12.4. The molecule has 0 aliphatic carbocycles. The molecule has 5 aromatic carbocycles.